The Morgan fingerprint density at radius 3 is 2.62 bits per heavy atom. The van der Waals surface area contributed by atoms with Crippen LogP contribution in [0.3, 0.4) is 0 Å². The number of hydrogen-bond acceptors (Lipinski definition) is 3. The van der Waals surface area contributed by atoms with Gasteiger partial charge in [-0.05, 0) is 23.8 Å². The number of anilines is 1. The van der Waals surface area contributed by atoms with Gasteiger partial charge in [0.25, 0.3) is 0 Å². The average molecular weight is 350 g/mol. The van der Waals surface area contributed by atoms with E-state index in [4.69, 9.17) is 4.74 Å². The average Bonchev–Trinajstić information content (AvgIpc) is 2.48. The Balaban J connectivity index is 2.35. The van der Waals surface area contributed by atoms with Crippen molar-refractivity contribution in [1.29, 1.82) is 0 Å². The van der Waals surface area contributed by atoms with Crippen molar-refractivity contribution in [2.75, 3.05) is 19.1 Å². The van der Waals surface area contributed by atoms with Crippen LogP contribution in [0.5, 0.6) is 5.75 Å². The molecule has 0 bridgehead atoms. The van der Waals surface area contributed by atoms with E-state index in [1.165, 1.54) is 0 Å². The second-order valence-electron chi connectivity index (χ2n) is 4.64. The topological polar surface area (TPSA) is 49.8 Å². The number of methoxy groups -OCH3 is 1. The lowest BCUT2D eigenvalue weighted by molar-refractivity contribution is 0.0697. The summed E-state index contributed by atoms with van der Waals surface area (Å²) in [7, 11) is 3.42. The minimum absolute atomic E-state index is 0.255. The number of nitrogens with zero attached hydrogens (tertiary/aromatic N) is 1. The zero-order valence-corrected chi connectivity index (χ0v) is 13.4. The maximum atomic E-state index is 11.4. The molecule has 1 N–H and O–H groups in total. The fourth-order valence-electron chi connectivity index (χ4n) is 2.10. The maximum absolute atomic E-state index is 11.4. The van der Waals surface area contributed by atoms with Crippen LogP contribution >= 0.6 is 15.9 Å². The third-order valence-corrected chi connectivity index (χ3v) is 3.99. The van der Waals surface area contributed by atoms with Crippen molar-refractivity contribution in [2.24, 2.45) is 0 Å². The predicted molar refractivity (Wildman–Crippen MR) is 86.2 cm³/mol. The van der Waals surface area contributed by atoms with Gasteiger partial charge in [-0.15, -0.1) is 0 Å². The molecule has 0 fully saturated rings. The summed E-state index contributed by atoms with van der Waals surface area (Å²) in [6, 6.07) is 12.8. The van der Waals surface area contributed by atoms with E-state index in [-0.39, 0.29) is 5.56 Å². The van der Waals surface area contributed by atoms with Crippen molar-refractivity contribution in [3.05, 3.63) is 58.1 Å². The van der Waals surface area contributed by atoms with Gasteiger partial charge in [0.1, 0.15) is 5.75 Å². The molecule has 21 heavy (non-hydrogen) atoms. The van der Waals surface area contributed by atoms with E-state index in [1.807, 2.05) is 36.2 Å². The number of ether oxygens (including phenoxy) is 1. The first-order valence-electron chi connectivity index (χ1n) is 6.39. The van der Waals surface area contributed by atoms with Gasteiger partial charge in [0, 0.05) is 24.1 Å². The van der Waals surface area contributed by atoms with Crippen LogP contribution in [-0.4, -0.2) is 25.2 Å². The molecule has 0 aliphatic carbocycles. The number of carbonyl (C=O) groups is 1. The van der Waals surface area contributed by atoms with Gasteiger partial charge >= 0.3 is 5.97 Å². The molecule has 0 aliphatic rings. The monoisotopic (exact) mass is 349 g/mol. The minimum Gasteiger partial charge on any atom is -0.497 e. The number of hydrogen-bond donors (Lipinski definition) is 1. The summed E-state index contributed by atoms with van der Waals surface area (Å²) in [5.41, 5.74) is 1.96. The van der Waals surface area contributed by atoms with E-state index in [1.54, 1.807) is 25.3 Å². The molecular weight excluding hydrogens is 334 g/mol. The van der Waals surface area contributed by atoms with Crippen molar-refractivity contribution in [1.82, 2.24) is 0 Å². The summed E-state index contributed by atoms with van der Waals surface area (Å²) in [4.78, 5) is 13.3. The van der Waals surface area contributed by atoms with Gasteiger partial charge in [-0.1, -0.05) is 34.1 Å². The maximum Gasteiger partial charge on any atom is 0.337 e. The SMILES string of the molecule is COc1ccc(C(=O)O)c(N(C)Cc2ccccc2Br)c1. The molecule has 2 aromatic carbocycles. The van der Waals surface area contributed by atoms with E-state index in [2.05, 4.69) is 15.9 Å². The summed E-state index contributed by atoms with van der Waals surface area (Å²) in [5, 5.41) is 9.32. The molecular formula is C16H16BrNO3. The molecule has 0 amide bonds. The third kappa shape index (κ3) is 3.55. The van der Waals surface area contributed by atoms with Crippen molar-refractivity contribution in [3.8, 4) is 5.75 Å². The molecule has 0 atom stereocenters. The van der Waals surface area contributed by atoms with Gasteiger partial charge in [-0.25, -0.2) is 4.79 Å². The second kappa shape index (κ2) is 6.63. The fourth-order valence-corrected chi connectivity index (χ4v) is 2.51. The standard InChI is InChI=1S/C16H16BrNO3/c1-18(10-11-5-3-4-6-14(11)17)15-9-12(21-2)7-8-13(15)16(19)20/h3-9H,10H2,1-2H3,(H,19,20). The molecule has 0 aliphatic heterocycles. The lowest BCUT2D eigenvalue weighted by Crippen LogP contribution is -2.19. The molecule has 2 rings (SSSR count). The number of carboxylic acid groups (broad SMARTS) is 1. The lowest BCUT2D eigenvalue weighted by atomic mass is 10.1. The lowest BCUT2D eigenvalue weighted by Gasteiger charge is -2.22. The summed E-state index contributed by atoms with van der Waals surface area (Å²) < 4.78 is 6.18. The Morgan fingerprint density at radius 1 is 1.29 bits per heavy atom. The normalized spacial score (nSPS) is 10.2. The largest absolute Gasteiger partial charge is 0.497 e. The van der Waals surface area contributed by atoms with E-state index < -0.39 is 5.97 Å². The van der Waals surface area contributed by atoms with Gasteiger partial charge in [0.2, 0.25) is 0 Å². The number of aromatic carboxylic acids is 1. The van der Waals surface area contributed by atoms with Crippen molar-refractivity contribution in [3.63, 3.8) is 0 Å². The Kier molecular flexibility index (Phi) is 4.85. The summed E-state index contributed by atoms with van der Waals surface area (Å²) in [5.74, 6) is -0.319. The number of carboxylic acids is 1. The van der Waals surface area contributed by atoms with Crippen molar-refractivity contribution >= 4 is 27.6 Å². The van der Waals surface area contributed by atoms with Crippen LogP contribution in [0.2, 0.25) is 0 Å². The number of benzene rings is 2. The van der Waals surface area contributed by atoms with Gasteiger partial charge < -0.3 is 14.7 Å². The molecule has 0 saturated heterocycles. The molecule has 0 radical (unpaired) electrons. The Hall–Kier alpha value is -2.01. The number of halogens is 1. The van der Waals surface area contributed by atoms with Gasteiger partial charge in [0.15, 0.2) is 0 Å². The van der Waals surface area contributed by atoms with E-state index in [0.717, 1.165) is 10.0 Å². The first-order chi connectivity index (χ1) is 10.0. The summed E-state index contributed by atoms with van der Waals surface area (Å²) >= 11 is 3.51. The molecule has 0 aromatic heterocycles. The van der Waals surface area contributed by atoms with Gasteiger partial charge in [0.05, 0.1) is 18.4 Å². The summed E-state index contributed by atoms with van der Waals surface area (Å²) in [6.45, 7) is 0.592. The van der Waals surface area contributed by atoms with E-state index in [0.29, 0.717) is 18.0 Å². The zero-order valence-electron chi connectivity index (χ0n) is 11.8. The molecule has 5 heteroatoms. The van der Waals surface area contributed by atoms with Crippen LogP contribution in [0.15, 0.2) is 46.9 Å². The first kappa shape index (κ1) is 15.4. The molecule has 0 saturated carbocycles. The number of rotatable bonds is 5. The first-order valence-corrected chi connectivity index (χ1v) is 7.18. The van der Waals surface area contributed by atoms with Crippen LogP contribution in [0.4, 0.5) is 5.69 Å². The highest BCUT2D eigenvalue weighted by molar-refractivity contribution is 9.10. The molecule has 0 heterocycles. The second-order valence-corrected chi connectivity index (χ2v) is 5.49. The quantitative estimate of drug-likeness (QED) is 0.891. The van der Waals surface area contributed by atoms with Crippen molar-refractivity contribution in [2.45, 2.75) is 6.54 Å². The molecule has 4 nitrogen and oxygen atoms in total. The molecule has 0 unspecified atom stereocenters. The minimum atomic E-state index is -0.952. The highest BCUT2D eigenvalue weighted by atomic mass is 79.9. The molecule has 2 aromatic rings. The molecule has 110 valence electrons. The Bertz CT molecular complexity index is 658. The van der Waals surface area contributed by atoms with Crippen molar-refractivity contribution < 1.29 is 14.6 Å². The zero-order chi connectivity index (χ0) is 15.4. The Morgan fingerprint density at radius 2 is 2.00 bits per heavy atom. The highest BCUT2D eigenvalue weighted by Crippen LogP contribution is 2.28. The smallest absolute Gasteiger partial charge is 0.337 e. The van der Waals surface area contributed by atoms with Crippen LogP contribution in [0, 0.1) is 0 Å². The van der Waals surface area contributed by atoms with Gasteiger partial charge in [-0.3, -0.25) is 0 Å². The van der Waals surface area contributed by atoms with Crippen LogP contribution < -0.4 is 9.64 Å². The molecule has 0 spiro atoms. The Labute approximate surface area is 132 Å². The predicted octanol–water partition coefficient (Wildman–Crippen LogP) is 3.79. The van der Waals surface area contributed by atoms with Crippen LogP contribution in [0.25, 0.3) is 0 Å². The summed E-state index contributed by atoms with van der Waals surface area (Å²) in [6.07, 6.45) is 0. The van der Waals surface area contributed by atoms with E-state index >= 15 is 0 Å². The van der Waals surface area contributed by atoms with Gasteiger partial charge in [-0.2, -0.15) is 0 Å². The third-order valence-electron chi connectivity index (χ3n) is 3.21. The fraction of sp³-hybridized carbons (Fsp3) is 0.188. The van der Waals surface area contributed by atoms with Crippen LogP contribution in [0.1, 0.15) is 15.9 Å². The van der Waals surface area contributed by atoms with E-state index in [9.17, 15) is 9.90 Å². The highest BCUT2D eigenvalue weighted by Gasteiger charge is 2.15. The van der Waals surface area contributed by atoms with Crippen LogP contribution in [-0.2, 0) is 6.54 Å².